The highest BCUT2D eigenvalue weighted by Gasteiger charge is 2.29. The third-order valence-electron chi connectivity index (χ3n) is 2.82. The quantitative estimate of drug-likeness (QED) is 0.516. The maximum Gasteiger partial charge on any atom is 0.335 e. The first-order valence-electron chi connectivity index (χ1n) is 6.99. The zero-order valence-corrected chi connectivity index (χ0v) is 12.9. The lowest BCUT2D eigenvalue weighted by molar-refractivity contribution is -0.165. The van der Waals surface area contributed by atoms with E-state index < -0.39 is 24.1 Å². The molecule has 2 unspecified atom stereocenters. The average molecular weight is 344 g/mol. The van der Waals surface area contributed by atoms with Crippen LogP contribution in [0.4, 0.5) is 0 Å². The zero-order chi connectivity index (χ0) is 18.8. The SMILES string of the molecule is O=C(O)C(O)C(O)C(=O)O.Oc1ccccc1C#Cc1ccccc1. The molecule has 2 rings (SSSR count). The van der Waals surface area contributed by atoms with Crippen LogP contribution >= 0.6 is 0 Å². The van der Waals surface area contributed by atoms with Gasteiger partial charge in [0.25, 0.3) is 0 Å². The van der Waals surface area contributed by atoms with Gasteiger partial charge in [0.05, 0.1) is 5.56 Å². The topological polar surface area (TPSA) is 135 Å². The Kier molecular flexibility index (Phi) is 7.66. The lowest BCUT2D eigenvalue weighted by atomic mass is 10.1. The number of aliphatic hydroxyl groups is 2. The molecule has 0 aliphatic heterocycles. The number of para-hydroxylation sites is 1. The number of aliphatic carboxylic acids is 2. The molecule has 0 aliphatic carbocycles. The second-order valence-corrected chi connectivity index (χ2v) is 4.70. The van der Waals surface area contributed by atoms with Gasteiger partial charge in [-0.2, -0.15) is 0 Å². The van der Waals surface area contributed by atoms with Gasteiger partial charge in [-0.3, -0.25) is 0 Å². The van der Waals surface area contributed by atoms with E-state index in [2.05, 4.69) is 11.8 Å². The van der Waals surface area contributed by atoms with Crippen LogP contribution in [0, 0.1) is 11.8 Å². The van der Waals surface area contributed by atoms with Gasteiger partial charge in [-0.05, 0) is 24.3 Å². The van der Waals surface area contributed by atoms with Crippen LogP contribution in [-0.4, -0.2) is 49.7 Å². The monoisotopic (exact) mass is 344 g/mol. The number of rotatable bonds is 3. The van der Waals surface area contributed by atoms with Gasteiger partial charge in [-0.25, -0.2) is 9.59 Å². The van der Waals surface area contributed by atoms with E-state index in [1.54, 1.807) is 18.2 Å². The molecule has 0 saturated carbocycles. The Hall–Kier alpha value is -3.34. The summed E-state index contributed by atoms with van der Waals surface area (Å²) in [5.74, 6) is 2.61. The van der Waals surface area contributed by atoms with Crippen LogP contribution in [0.2, 0.25) is 0 Å². The van der Waals surface area contributed by atoms with E-state index in [-0.39, 0.29) is 5.75 Å². The Morgan fingerprint density at radius 1 is 0.760 bits per heavy atom. The van der Waals surface area contributed by atoms with Crippen LogP contribution in [0.3, 0.4) is 0 Å². The van der Waals surface area contributed by atoms with Gasteiger partial charge >= 0.3 is 11.9 Å². The molecule has 2 aromatic rings. The van der Waals surface area contributed by atoms with E-state index in [9.17, 15) is 14.7 Å². The largest absolute Gasteiger partial charge is 0.507 e. The molecule has 0 amide bonds. The Morgan fingerprint density at radius 3 is 1.72 bits per heavy atom. The number of carbonyl (C=O) groups is 2. The van der Waals surface area contributed by atoms with Gasteiger partial charge in [0.1, 0.15) is 5.75 Å². The molecule has 0 aromatic heterocycles. The molecule has 2 atom stereocenters. The molecular formula is C18H16O7. The number of aromatic hydroxyl groups is 1. The summed E-state index contributed by atoms with van der Waals surface area (Å²) in [7, 11) is 0. The number of phenols is 1. The fourth-order valence-electron chi connectivity index (χ4n) is 1.51. The van der Waals surface area contributed by atoms with Gasteiger partial charge in [0, 0.05) is 5.56 Å². The molecule has 0 aliphatic rings. The molecule has 0 fully saturated rings. The summed E-state index contributed by atoms with van der Waals surface area (Å²) in [6, 6.07) is 16.8. The van der Waals surface area contributed by atoms with Crippen molar-refractivity contribution < 1.29 is 35.1 Å². The van der Waals surface area contributed by atoms with Crippen molar-refractivity contribution in [1.29, 1.82) is 0 Å². The van der Waals surface area contributed by atoms with Crippen LogP contribution in [0.1, 0.15) is 11.1 Å². The van der Waals surface area contributed by atoms with E-state index in [0.717, 1.165) is 5.56 Å². The Bertz CT molecular complexity index is 757. The second kappa shape index (κ2) is 9.72. The summed E-state index contributed by atoms with van der Waals surface area (Å²) in [5.41, 5.74) is 1.60. The fraction of sp³-hybridized carbons (Fsp3) is 0.111. The molecule has 0 radical (unpaired) electrons. The molecule has 7 nitrogen and oxygen atoms in total. The Morgan fingerprint density at radius 2 is 1.24 bits per heavy atom. The van der Waals surface area contributed by atoms with Gasteiger partial charge in [0.15, 0.2) is 12.2 Å². The van der Waals surface area contributed by atoms with Crippen LogP contribution in [0.25, 0.3) is 0 Å². The number of carboxylic acids is 2. The molecule has 0 spiro atoms. The lowest BCUT2D eigenvalue weighted by Crippen LogP contribution is -2.39. The van der Waals surface area contributed by atoms with Crippen molar-refractivity contribution in [2.24, 2.45) is 0 Å². The highest BCUT2D eigenvalue weighted by Crippen LogP contribution is 2.13. The summed E-state index contributed by atoms with van der Waals surface area (Å²) in [5, 5.41) is 42.0. The molecule has 0 bridgehead atoms. The van der Waals surface area contributed by atoms with Crippen LogP contribution in [0.15, 0.2) is 54.6 Å². The third kappa shape index (κ3) is 6.74. The molecular weight excluding hydrogens is 328 g/mol. The minimum Gasteiger partial charge on any atom is -0.507 e. The Labute approximate surface area is 143 Å². The van der Waals surface area contributed by atoms with E-state index in [1.807, 2.05) is 36.4 Å². The molecule has 25 heavy (non-hydrogen) atoms. The summed E-state index contributed by atoms with van der Waals surface area (Å²) < 4.78 is 0. The molecule has 5 N–H and O–H groups in total. The predicted molar refractivity (Wildman–Crippen MR) is 87.8 cm³/mol. The van der Waals surface area contributed by atoms with Crippen LogP contribution < -0.4 is 0 Å². The van der Waals surface area contributed by atoms with Gasteiger partial charge in [-0.1, -0.05) is 42.2 Å². The molecule has 2 aromatic carbocycles. The fourth-order valence-corrected chi connectivity index (χ4v) is 1.51. The third-order valence-corrected chi connectivity index (χ3v) is 2.82. The highest BCUT2D eigenvalue weighted by molar-refractivity contribution is 5.83. The minimum absolute atomic E-state index is 0.223. The number of phenolic OH excluding ortho intramolecular Hbond substituents is 1. The summed E-state index contributed by atoms with van der Waals surface area (Å²) in [4.78, 5) is 19.5. The number of aliphatic hydroxyl groups excluding tert-OH is 2. The lowest BCUT2D eigenvalue weighted by Gasteiger charge is -2.07. The van der Waals surface area contributed by atoms with Crippen molar-refractivity contribution >= 4 is 11.9 Å². The van der Waals surface area contributed by atoms with E-state index in [4.69, 9.17) is 20.4 Å². The molecule has 0 heterocycles. The maximum atomic E-state index is 9.77. The van der Waals surface area contributed by atoms with Crippen molar-refractivity contribution in [2.45, 2.75) is 12.2 Å². The maximum absolute atomic E-state index is 9.77. The number of hydrogen-bond donors (Lipinski definition) is 5. The van der Waals surface area contributed by atoms with Crippen molar-refractivity contribution in [2.75, 3.05) is 0 Å². The van der Waals surface area contributed by atoms with Crippen LogP contribution in [0.5, 0.6) is 5.75 Å². The van der Waals surface area contributed by atoms with Crippen molar-refractivity contribution in [3.05, 3.63) is 65.7 Å². The van der Waals surface area contributed by atoms with Crippen molar-refractivity contribution in [3.63, 3.8) is 0 Å². The number of hydrogen-bond acceptors (Lipinski definition) is 5. The predicted octanol–water partition coefficient (Wildman–Crippen LogP) is 0.669. The molecule has 0 saturated heterocycles. The normalized spacial score (nSPS) is 11.8. The summed E-state index contributed by atoms with van der Waals surface area (Å²) in [6.07, 6.45) is -4.53. The Balaban J connectivity index is 0.000000275. The van der Waals surface area contributed by atoms with Crippen molar-refractivity contribution in [3.8, 4) is 17.6 Å². The first-order chi connectivity index (χ1) is 11.8. The standard InChI is InChI=1S/C14H10O.C4H6O6/c15-14-9-5-4-8-13(14)11-10-12-6-2-1-3-7-12;5-1(3(7)8)2(6)4(9)10/h1-9,15H;1-2,5-6H,(H,7,8)(H,9,10). The highest BCUT2D eigenvalue weighted by atomic mass is 16.4. The first kappa shape index (κ1) is 19.7. The smallest absolute Gasteiger partial charge is 0.335 e. The first-order valence-corrected chi connectivity index (χ1v) is 6.99. The van der Waals surface area contributed by atoms with E-state index in [1.165, 1.54) is 0 Å². The minimum atomic E-state index is -2.27. The van der Waals surface area contributed by atoms with Gasteiger partial charge in [0.2, 0.25) is 0 Å². The van der Waals surface area contributed by atoms with E-state index in [0.29, 0.717) is 5.56 Å². The van der Waals surface area contributed by atoms with Gasteiger partial charge in [-0.15, -0.1) is 0 Å². The number of benzene rings is 2. The van der Waals surface area contributed by atoms with E-state index >= 15 is 0 Å². The second-order valence-electron chi connectivity index (χ2n) is 4.70. The van der Waals surface area contributed by atoms with Gasteiger partial charge < -0.3 is 25.5 Å². The number of carboxylic acid groups (broad SMARTS) is 2. The molecule has 7 heteroatoms. The van der Waals surface area contributed by atoms with Crippen molar-refractivity contribution in [1.82, 2.24) is 0 Å². The molecule has 130 valence electrons. The summed E-state index contributed by atoms with van der Waals surface area (Å²) >= 11 is 0. The summed E-state index contributed by atoms with van der Waals surface area (Å²) in [6.45, 7) is 0. The average Bonchev–Trinajstić information content (AvgIpc) is 2.61. The van der Waals surface area contributed by atoms with Crippen LogP contribution in [-0.2, 0) is 9.59 Å². The zero-order valence-electron chi connectivity index (χ0n) is 12.9.